The van der Waals surface area contributed by atoms with Crippen molar-refractivity contribution in [3.05, 3.63) is 22.2 Å². The monoisotopic (exact) mass is 315 g/mol. The van der Waals surface area contributed by atoms with E-state index in [0.717, 1.165) is 34.5 Å². The fourth-order valence-corrected chi connectivity index (χ4v) is 1.95. The Kier molecular flexibility index (Phi) is 5.47. The molecule has 0 aliphatic carbocycles. The van der Waals surface area contributed by atoms with Crippen LogP contribution in [0.5, 0.6) is 11.5 Å². The van der Waals surface area contributed by atoms with E-state index in [9.17, 15) is 0 Å². The molecular weight excluding hydrogens is 294 g/mol. The van der Waals surface area contributed by atoms with E-state index in [2.05, 4.69) is 42.0 Å². The summed E-state index contributed by atoms with van der Waals surface area (Å²) in [6.45, 7) is 7.36. The van der Waals surface area contributed by atoms with Gasteiger partial charge in [0.05, 0.1) is 14.2 Å². The lowest BCUT2D eigenvalue weighted by Gasteiger charge is -2.25. The van der Waals surface area contributed by atoms with Gasteiger partial charge in [0.25, 0.3) is 0 Å². The van der Waals surface area contributed by atoms with Crippen molar-refractivity contribution in [1.29, 1.82) is 0 Å². The van der Waals surface area contributed by atoms with Crippen molar-refractivity contribution in [2.45, 2.75) is 39.3 Å². The van der Waals surface area contributed by atoms with Gasteiger partial charge in [-0.2, -0.15) is 0 Å². The highest BCUT2D eigenvalue weighted by Crippen LogP contribution is 2.33. The van der Waals surface area contributed by atoms with Crippen LogP contribution in [0, 0.1) is 0 Å². The second-order valence-electron chi connectivity index (χ2n) is 4.89. The molecule has 1 N–H and O–H groups in total. The van der Waals surface area contributed by atoms with Crippen LogP contribution >= 0.6 is 15.9 Å². The summed E-state index contributed by atoms with van der Waals surface area (Å²) in [5, 5.41) is 3.53. The van der Waals surface area contributed by atoms with Crippen LogP contribution in [0.3, 0.4) is 0 Å². The third-order valence-electron chi connectivity index (χ3n) is 3.19. The molecule has 0 spiro atoms. The van der Waals surface area contributed by atoms with Gasteiger partial charge in [0, 0.05) is 16.6 Å². The van der Waals surface area contributed by atoms with Gasteiger partial charge in [-0.1, -0.05) is 22.9 Å². The molecular formula is C14H22BrNO2. The van der Waals surface area contributed by atoms with E-state index in [1.54, 1.807) is 14.2 Å². The average molecular weight is 316 g/mol. The van der Waals surface area contributed by atoms with Crippen LogP contribution in [-0.4, -0.2) is 19.8 Å². The summed E-state index contributed by atoms with van der Waals surface area (Å²) in [4.78, 5) is 0. The van der Waals surface area contributed by atoms with Crippen LogP contribution in [-0.2, 0) is 6.54 Å². The summed E-state index contributed by atoms with van der Waals surface area (Å²) >= 11 is 3.57. The molecule has 0 aliphatic heterocycles. The molecule has 0 aliphatic rings. The molecule has 1 rings (SSSR count). The molecule has 0 bridgehead atoms. The lowest BCUT2D eigenvalue weighted by atomic mass is 10.0. The van der Waals surface area contributed by atoms with Gasteiger partial charge in [-0.15, -0.1) is 0 Å². The molecule has 0 fully saturated rings. The lowest BCUT2D eigenvalue weighted by Crippen LogP contribution is -2.37. The Morgan fingerprint density at radius 1 is 1.17 bits per heavy atom. The normalized spacial score (nSPS) is 11.4. The first-order valence-electron chi connectivity index (χ1n) is 6.09. The average Bonchev–Trinajstić information content (AvgIpc) is 2.36. The first-order valence-corrected chi connectivity index (χ1v) is 6.88. The Morgan fingerprint density at radius 2 is 1.72 bits per heavy atom. The van der Waals surface area contributed by atoms with Crippen LogP contribution in [0.15, 0.2) is 16.6 Å². The SMILES string of the molecule is CCC(C)(C)NCc1cc(OC)c(OC)cc1Br. The Hall–Kier alpha value is -0.740. The zero-order chi connectivity index (χ0) is 13.8. The number of hydrogen-bond acceptors (Lipinski definition) is 3. The number of nitrogens with one attached hydrogen (secondary N) is 1. The quantitative estimate of drug-likeness (QED) is 0.867. The Morgan fingerprint density at radius 3 is 2.22 bits per heavy atom. The van der Waals surface area contributed by atoms with Crippen LogP contribution in [0.2, 0.25) is 0 Å². The van der Waals surface area contributed by atoms with E-state index in [0.29, 0.717) is 0 Å². The number of rotatable bonds is 6. The van der Waals surface area contributed by atoms with Crippen LogP contribution < -0.4 is 14.8 Å². The largest absolute Gasteiger partial charge is 0.493 e. The molecule has 0 aromatic heterocycles. The van der Waals surface area contributed by atoms with Gasteiger partial charge in [-0.3, -0.25) is 0 Å². The zero-order valence-corrected chi connectivity index (χ0v) is 13.3. The predicted octanol–water partition coefficient (Wildman–Crippen LogP) is 3.74. The van der Waals surface area contributed by atoms with E-state index >= 15 is 0 Å². The second kappa shape index (κ2) is 6.43. The van der Waals surface area contributed by atoms with E-state index in [-0.39, 0.29) is 5.54 Å². The summed E-state index contributed by atoms with van der Waals surface area (Å²) in [5.41, 5.74) is 1.29. The maximum Gasteiger partial charge on any atom is 0.161 e. The van der Waals surface area contributed by atoms with E-state index < -0.39 is 0 Å². The number of benzene rings is 1. The summed E-state index contributed by atoms with van der Waals surface area (Å²) < 4.78 is 11.6. The fraction of sp³-hybridized carbons (Fsp3) is 0.571. The highest BCUT2D eigenvalue weighted by atomic mass is 79.9. The minimum Gasteiger partial charge on any atom is -0.493 e. The van der Waals surface area contributed by atoms with Crippen molar-refractivity contribution < 1.29 is 9.47 Å². The molecule has 0 atom stereocenters. The smallest absolute Gasteiger partial charge is 0.161 e. The molecule has 0 radical (unpaired) electrons. The molecule has 0 heterocycles. The molecule has 4 heteroatoms. The highest BCUT2D eigenvalue weighted by Gasteiger charge is 2.15. The molecule has 1 aromatic rings. The molecule has 3 nitrogen and oxygen atoms in total. The van der Waals surface area contributed by atoms with Crippen LogP contribution in [0.1, 0.15) is 32.8 Å². The maximum absolute atomic E-state index is 5.32. The molecule has 0 amide bonds. The van der Waals surface area contributed by atoms with Crippen molar-refractivity contribution >= 4 is 15.9 Å². The maximum atomic E-state index is 5.32. The number of methoxy groups -OCH3 is 2. The molecule has 1 aromatic carbocycles. The van der Waals surface area contributed by atoms with Crippen molar-refractivity contribution in [3.8, 4) is 11.5 Å². The minimum atomic E-state index is 0.132. The standard InChI is InChI=1S/C14H22BrNO2/c1-6-14(2,3)16-9-10-7-12(17-4)13(18-5)8-11(10)15/h7-8,16H,6,9H2,1-5H3. The summed E-state index contributed by atoms with van der Waals surface area (Å²) in [7, 11) is 3.29. The van der Waals surface area contributed by atoms with Crippen molar-refractivity contribution in [3.63, 3.8) is 0 Å². The summed E-state index contributed by atoms with van der Waals surface area (Å²) in [5.74, 6) is 1.50. The van der Waals surface area contributed by atoms with Gasteiger partial charge in [-0.25, -0.2) is 0 Å². The topological polar surface area (TPSA) is 30.5 Å². The van der Waals surface area contributed by atoms with Crippen LogP contribution in [0.4, 0.5) is 0 Å². The third kappa shape index (κ3) is 3.89. The molecule has 0 saturated carbocycles. The van der Waals surface area contributed by atoms with Gasteiger partial charge in [0.1, 0.15) is 0 Å². The first kappa shape index (κ1) is 15.3. The number of hydrogen-bond donors (Lipinski definition) is 1. The van der Waals surface area contributed by atoms with E-state index in [4.69, 9.17) is 9.47 Å². The van der Waals surface area contributed by atoms with Crippen LogP contribution in [0.25, 0.3) is 0 Å². The predicted molar refractivity (Wildman–Crippen MR) is 78.5 cm³/mol. The van der Waals surface area contributed by atoms with Crippen molar-refractivity contribution in [2.75, 3.05) is 14.2 Å². The summed E-state index contributed by atoms with van der Waals surface area (Å²) in [6, 6.07) is 3.94. The summed E-state index contributed by atoms with van der Waals surface area (Å²) in [6.07, 6.45) is 1.08. The van der Waals surface area contributed by atoms with E-state index in [1.807, 2.05) is 12.1 Å². The molecule has 18 heavy (non-hydrogen) atoms. The number of ether oxygens (including phenoxy) is 2. The fourth-order valence-electron chi connectivity index (χ4n) is 1.49. The molecule has 102 valence electrons. The molecule has 0 saturated heterocycles. The minimum absolute atomic E-state index is 0.132. The molecule has 0 unspecified atom stereocenters. The highest BCUT2D eigenvalue weighted by molar-refractivity contribution is 9.10. The second-order valence-corrected chi connectivity index (χ2v) is 5.74. The van der Waals surface area contributed by atoms with Gasteiger partial charge in [-0.05, 0) is 38.0 Å². The van der Waals surface area contributed by atoms with Crippen molar-refractivity contribution in [1.82, 2.24) is 5.32 Å². The number of halogens is 1. The Labute approximate surface area is 118 Å². The van der Waals surface area contributed by atoms with Gasteiger partial charge >= 0.3 is 0 Å². The van der Waals surface area contributed by atoms with Gasteiger partial charge < -0.3 is 14.8 Å². The zero-order valence-electron chi connectivity index (χ0n) is 11.8. The first-order chi connectivity index (χ1) is 8.43. The van der Waals surface area contributed by atoms with Gasteiger partial charge in [0.15, 0.2) is 11.5 Å². The van der Waals surface area contributed by atoms with E-state index in [1.165, 1.54) is 0 Å². The lowest BCUT2D eigenvalue weighted by molar-refractivity contribution is 0.352. The Balaban J connectivity index is 2.89. The van der Waals surface area contributed by atoms with Gasteiger partial charge in [0.2, 0.25) is 0 Å². The third-order valence-corrected chi connectivity index (χ3v) is 3.93. The Bertz CT molecular complexity index is 405. The van der Waals surface area contributed by atoms with Crippen molar-refractivity contribution in [2.24, 2.45) is 0 Å².